The van der Waals surface area contributed by atoms with Crippen LogP contribution in [-0.2, 0) is 0 Å². The third-order valence-electron chi connectivity index (χ3n) is 1.67. The van der Waals surface area contributed by atoms with Crippen LogP contribution in [-0.4, -0.2) is 5.11 Å². The number of nitrogens with two attached hydrogens (primary N) is 1. The predicted molar refractivity (Wildman–Crippen MR) is 52.9 cm³/mol. The minimum absolute atomic E-state index is 0.321. The molecule has 70 valence electrons. The average Bonchev–Trinajstić information content (AvgIpc) is 2.10. The molecule has 1 aromatic rings. The average molecular weight is 246 g/mol. The van der Waals surface area contributed by atoms with Crippen LogP contribution in [0, 0.1) is 5.82 Å². The number of phenolic OH excluding ortho intramolecular Hbond substituents is 1. The van der Waals surface area contributed by atoms with Gasteiger partial charge in [-0.2, -0.15) is 0 Å². The molecule has 0 amide bonds. The second kappa shape index (κ2) is 3.89. The molecule has 13 heavy (non-hydrogen) atoms. The molecule has 0 saturated carbocycles. The lowest BCUT2D eigenvalue weighted by Gasteiger charge is -2.10. The van der Waals surface area contributed by atoms with Gasteiger partial charge in [0.2, 0.25) is 0 Å². The molecule has 1 aromatic carbocycles. The highest BCUT2D eigenvalue weighted by Gasteiger charge is 2.12. The van der Waals surface area contributed by atoms with Crippen molar-refractivity contribution in [2.75, 3.05) is 0 Å². The van der Waals surface area contributed by atoms with E-state index in [1.807, 2.05) is 0 Å². The van der Waals surface area contributed by atoms with Crippen molar-refractivity contribution >= 4 is 15.9 Å². The monoisotopic (exact) mass is 245 g/mol. The Morgan fingerprint density at radius 1 is 1.62 bits per heavy atom. The van der Waals surface area contributed by atoms with Crippen molar-refractivity contribution in [2.45, 2.75) is 6.04 Å². The number of aromatic hydroxyl groups is 1. The summed E-state index contributed by atoms with van der Waals surface area (Å²) in [5.41, 5.74) is 5.89. The van der Waals surface area contributed by atoms with E-state index in [2.05, 4.69) is 22.5 Å². The Morgan fingerprint density at radius 3 is 2.77 bits per heavy atom. The highest BCUT2D eigenvalue weighted by Crippen LogP contribution is 2.29. The van der Waals surface area contributed by atoms with Gasteiger partial charge < -0.3 is 10.8 Å². The van der Waals surface area contributed by atoms with E-state index in [1.54, 1.807) is 6.07 Å². The molecule has 4 heteroatoms. The smallest absolute Gasteiger partial charge is 0.166 e. The molecule has 1 atom stereocenters. The number of phenols is 1. The third-order valence-corrected chi connectivity index (χ3v) is 2.13. The Balaban J connectivity index is 3.27. The predicted octanol–water partition coefficient (Wildman–Crippen LogP) is 2.48. The summed E-state index contributed by atoms with van der Waals surface area (Å²) in [6, 6.07) is 2.17. The first-order chi connectivity index (χ1) is 6.06. The summed E-state index contributed by atoms with van der Waals surface area (Å²) >= 11 is 3.10. The maximum absolute atomic E-state index is 13.0. The molecule has 0 heterocycles. The quantitative estimate of drug-likeness (QED) is 0.787. The summed E-state index contributed by atoms with van der Waals surface area (Å²) < 4.78 is 13.5. The minimum Gasteiger partial charge on any atom is -0.505 e. The van der Waals surface area contributed by atoms with Gasteiger partial charge in [-0.3, -0.25) is 0 Å². The molecule has 0 unspecified atom stereocenters. The van der Waals surface area contributed by atoms with E-state index in [4.69, 9.17) is 5.73 Å². The molecule has 0 saturated heterocycles. The lowest BCUT2D eigenvalue weighted by molar-refractivity contribution is 0.423. The number of rotatable bonds is 2. The number of halogens is 2. The molecule has 0 aliphatic rings. The first kappa shape index (κ1) is 10.2. The normalized spacial score (nSPS) is 12.5. The van der Waals surface area contributed by atoms with Crippen molar-refractivity contribution in [1.29, 1.82) is 0 Å². The topological polar surface area (TPSA) is 46.2 Å². The first-order valence-corrected chi connectivity index (χ1v) is 4.41. The van der Waals surface area contributed by atoms with Gasteiger partial charge in [0.1, 0.15) is 0 Å². The van der Waals surface area contributed by atoms with Crippen LogP contribution < -0.4 is 5.73 Å². The number of benzene rings is 1. The molecule has 0 aromatic heterocycles. The fourth-order valence-corrected chi connectivity index (χ4v) is 1.41. The van der Waals surface area contributed by atoms with Crippen LogP contribution >= 0.6 is 15.9 Å². The number of hydrogen-bond donors (Lipinski definition) is 2. The Bertz CT molecular complexity index is 341. The van der Waals surface area contributed by atoms with Crippen molar-refractivity contribution in [1.82, 2.24) is 0 Å². The lowest BCUT2D eigenvalue weighted by Crippen LogP contribution is -2.07. The van der Waals surface area contributed by atoms with Crippen LogP contribution in [0.25, 0.3) is 0 Å². The summed E-state index contributed by atoms with van der Waals surface area (Å²) in [7, 11) is 0. The largest absolute Gasteiger partial charge is 0.505 e. The first-order valence-electron chi connectivity index (χ1n) is 3.62. The van der Waals surface area contributed by atoms with E-state index >= 15 is 0 Å². The molecule has 0 spiro atoms. The standard InChI is InChI=1S/C9H9BrFNO/c1-2-8(12)6-3-5(10)4-7(11)9(6)13/h2-4,8,13H,1,12H2/t8-/m0/s1. The zero-order chi connectivity index (χ0) is 10.0. The van der Waals surface area contributed by atoms with Gasteiger partial charge in [-0.15, -0.1) is 6.58 Å². The third kappa shape index (κ3) is 2.08. The Morgan fingerprint density at radius 2 is 2.23 bits per heavy atom. The molecule has 0 radical (unpaired) electrons. The van der Waals surface area contributed by atoms with Crippen molar-refractivity contribution in [3.05, 3.63) is 40.6 Å². The van der Waals surface area contributed by atoms with E-state index in [9.17, 15) is 9.50 Å². The SMILES string of the molecule is C=C[C@H](N)c1cc(Br)cc(F)c1O. The molecule has 0 aliphatic heterocycles. The highest BCUT2D eigenvalue weighted by molar-refractivity contribution is 9.10. The minimum atomic E-state index is -0.693. The van der Waals surface area contributed by atoms with Gasteiger partial charge in [-0.05, 0) is 12.1 Å². The van der Waals surface area contributed by atoms with E-state index < -0.39 is 17.6 Å². The fourth-order valence-electron chi connectivity index (χ4n) is 0.967. The summed E-state index contributed by atoms with van der Waals surface area (Å²) in [6.45, 7) is 3.46. The zero-order valence-electron chi connectivity index (χ0n) is 6.80. The zero-order valence-corrected chi connectivity index (χ0v) is 8.38. The summed E-state index contributed by atoms with van der Waals surface area (Å²) in [4.78, 5) is 0. The molecule has 2 nitrogen and oxygen atoms in total. The van der Waals surface area contributed by atoms with Gasteiger partial charge in [0.25, 0.3) is 0 Å². The van der Waals surface area contributed by atoms with Gasteiger partial charge in [-0.1, -0.05) is 22.0 Å². The molecule has 0 bridgehead atoms. The van der Waals surface area contributed by atoms with Crippen molar-refractivity contribution in [2.24, 2.45) is 5.73 Å². The van der Waals surface area contributed by atoms with Crippen LogP contribution in [0.15, 0.2) is 29.3 Å². The summed E-state index contributed by atoms with van der Waals surface area (Å²) in [5.74, 6) is -1.11. The van der Waals surface area contributed by atoms with Crippen molar-refractivity contribution in [3.63, 3.8) is 0 Å². The summed E-state index contributed by atoms with van der Waals surface area (Å²) in [5, 5.41) is 9.30. The van der Waals surface area contributed by atoms with Crippen LogP contribution in [0.3, 0.4) is 0 Å². The second-order valence-corrected chi connectivity index (χ2v) is 3.50. The van der Waals surface area contributed by atoms with Crippen molar-refractivity contribution in [3.8, 4) is 5.75 Å². The van der Waals surface area contributed by atoms with Gasteiger partial charge in [0.15, 0.2) is 11.6 Å². The molecular weight excluding hydrogens is 237 g/mol. The van der Waals surface area contributed by atoms with Crippen LogP contribution in [0.2, 0.25) is 0 Å². The molecule has 1 rings (SSSR count). The molecule has 3 N–H and O–H groups in total. The van der Waals surface area contributed by atoms with E-state index in [0.29, 0.717) is 10.0 Å². The Hall–Kier alpha value is -0.870. The van der Waals surface area contributed by atoms with Gasteiger partial charge in [0, 0.05) is 10.0 Å². The van der Waals surface area contributed by atoms with E-state index in [1.165, 1.54) is 12.1 Å². The fraction of sp³-hybridized carbons (Fsp3) is 0.111. The molecule has 0 fully saturated rings. The molecular formula is C9H9BrFNO. The maximum atomic E-state index is 13.0. The van der Waals surface area contributed by atoms with Gasteiger partial charge >= 0.3 is 0 Å². The maximum Gasteiger partial charge on any atom is 0.166 e. The van der Waals surface area contributed by atoms with E-state index in [0.717, 1.165) is 0 Å². The lowest BCUT2D eigenvalue weighted by atomic mass is 10.1. The Kier molecular flexibility index (Phi) is 3.06. The number of hydrogen-bond acceptors (Lipinski definition) is 2. The highest BCUT2D eigenvalue weighted by atomic mass is 79.9. The van der Waals surface area contributed by atoms with Crippen LogP contribution in [0.5, 0.6) is 5.75 Å². The van der Waals surface area contributed by atoms with Crippen LogP contribution in [0.4, 0.5) is 4.39 Å². The van der Waals surface area contributed by atoms with Crippen molar-refractivity contribution < 1.29 is 9.50 Å². The van der Waals surface area contributed by atoms with E-state index in [-0.39, 0.29) is 0 Å². The second-order valence-electron chi connectivity index (χ2n) is 2.59. The Labute approximate surface area is 84.0 Å². The van der Waals surface area contributed by atoms with Gasteiger partial charge in [-0.25, -0.2) is 4.39 Å². The van der Waals surface area contributed by atoms with Crippen LogP contribution in [0.1, 0.15) is 11.6 Å². The van der Waals surface area contributed by atoms with Gasteiger partial charge in [0.05, 0.1) is 6.04 Å². The summed E-state index contributed by atoms with van der Waals surface area (Å²) in [6.07, 6.45) is 1.43. The molecule has 0 aliphatic carbocycles.